The molecule has 0 atom stereocenters. The van der Waals surface area contributed by atoms with E-state index in [4.69, 9.17) is 5.73 Å². The Balaban J connectivity index is 2.66. The van der Waals surface area contributed by atoms with Crippen LogP contribution in [0.3, 0.4) is 0 Å². The zero-order chi connectivity index (χ0) is 13.4. The van der Waals surface area contributed by atoms with E-state index >= 15 is 0 Å². The highest BCUT2D eigenvalue weighted by atomic mass is 15.3. The van der Waals surface area contributed by atoms with Crippen LogP contribution in [0, 0.1) is 27.7 Å². The Morgan fingerprint density at radius 3 is 2.22 bits per heavy atom. The molecule has 0 unspecified atom stereocenters. The van der Waals surface area contributed by atoms with E-state index in [1.54, 1.807) is 0 Å². The van der Waals surface area contributed by atoms with E-state index in [0.29, 0.717) is 6.54 Å². The number of hydrogen-bond acceptors (Lipinski definition) is 2. The second-order valence-electron chi connectivity index (χ2n) is 5.00. The first-order chi connectivity index (χ1) is 8.45. The molecule has 1 aromatic carbocycles. The van der Waals surface area contributed by atoms with Crippen molar-refractivity contribution in [2.75, 3.05) is 0 Å². The van der Waals surface area contributed by atoms with Crippen molar-refractivity contribution in [2.45, 2.75) is 34.2 Å². The Kier molecular flexibility index (Phi) is 3.26. The van der Waals surface area contributed by atoms with Crippen LogP contribution < -0.4 is 5.73 Å². The van der Waals surface area contributed by atoms with Crippen LogP contribution in [0.1, 0.15) is 27.9 Å². The fourth-order valence-corrected chi connectivity index (χ4v) is 2.42. The molecule has 2 aromatic rings. The molecule has 0 radical (unpaired) electrons. The van der Waals surface area contributed by atoms with Crippen LogP contribution in [0.2, 0.25) is 0 Å². The van der Waals surface area contributed by atoms with Crippen LogP contribution in [-0.2, 0) is 13.6 Å². The van der Waals surface area contributed by atoms with Gasteiger partial charge in [-0.25, -0.2) is 0 Å². The van der Waals surface area contributed by atoms with Gasteiger partial charge in [0.1, 0.15) is 0 Å². The molecule has 0 fully saturated rings. The highest BCUT2D eigenvalue weighted by Gasteiger charge is 2.15. The molecule has 1 heterocycles. The molecule has 0 aliphatic heterocycles. The second kappa shape index (κ2) is 4.58. The first-order valence-corrected chi connectivity index (χ1v) is 6.26. The van der Waals surface area contributed by atoms with Gasteiger partial charge in [-0.15, -0.1) is 0 Å². The lowest BCUT2D eigenvalue weighted by Gasteiger charge is -2.08. The maximum absolute atomic E-state index is 5.77. The summed E-state index contributed by atoms with van der Waals surface area (Å²) in [6.45, 7) is 9.04. The standard InChI is InChI=1S/C15H21N3/c1-9-6-11(3)13(7-10(9)2)15-12(4)14(8-16)18(5)17-15/h6-7H,8,16H2,1-5H3. The lowest BCUT2D eigenvalue weighted by molar-refractivity contribution is 0.712. The Morgan fingerprint density at radius 1 is 1.06 bits per heavy atom. The molecule has 0 saturated carbocycles. The minimum atomic E-state index is 0.527. The molecular formula is C15H21N3. The Hall–Kier alpha value is -1.61. The molecule has 0 saturated heterocycles. The maximum Gasteiger partial charge on any atom is 0.0958 e. The number of nitrogens with two attached hydrogens (primary N) is 1. The Labute approximate surface area is 109 Å². The highest BCUT2D eigenvalue weighted by Crippen LogP contribution is 2.29. The summed E-state index contributed by atoms with van der Waals surface area (Å²) in [5.74, 6) is 0. The van der Waals surface area contributed by atoms with E-state index in [1.165, 1.54) is 27.8 Å². The number of rotatable bonds is 2. The monoisotopic (exact) mass is 243 g/mol. The normalized spacial score (nSPS) is 11.0. The van der Waals surface area contributed by atoms with Crippen molar-refractivity contribution < 1.29 is 0 Å². The topological polar surface area (TPSA) is 43.8 Å². The summed E-state index contributed by atoms with van der Waals surface area (Å²) in [7, 11) is 1.95. The number of aromatic nitrogens is 2. The first kappa shape index (κ1) is 12.8. The van der Waals surface area contributed by atoms with Gasteiger partial charge in [0, 0.05) is 19.2 Å². The average molecular weight is 243 g/mol. The van der Waals surface area contributed by atoms with Crippen LogP contribution in [0.15, 0.2) is 12.1 Å². The largest absolute Gasteiger partial charge is 0.325 e. The van der Waals surface area contributed by atoms with Gasteiger partial charge in [0.2, 0.25) is 0 Å². The second-order valence-corrected chi connectivity index (χ2v) is 5.00. The van der Waals surface area contributed by atoms with Crippen LogP contribution in [0.25, 0.3) is 11.3 Å². The minimum absolute atomic E-state index is 0.527. The molecule has 0 aliphatic rings. The average Bonchev–Trinajstić information content (AvgIpc) is 2.59. The van der Waals surface area contributed by atoms with Gasteiger partial charge < -0.3 is 5.73 Å². The third-order valence-electron chi connectivity index (χ3n) is 3.72. The van der Waals surface area contributed by atoms with E-state index in [1.807, 2.05) is 11.7 Å². The lowest BCUT2D eigenvalue weighted by Crippen LogP contribution is -2.05. The Bertz CT molecular complexity index is 594. The number of nitrogens with zero attached hydrogens (tertiary/aromatic N) is 2. The van der Waals surface area contributed by atoms with Gasteiger partial charge in [0.15, 0.2) is 0 Å². The summed E-state index contributed by atoms with van der Waals surface area (Å²) in [5.41, 5.74) is 14.2. The van der Waals surface area contributed by atoms with Crippen molar-refractivity contribution in [3.05, 3.63) is 40.1 Å². The van der Waals surface area contributed by atoms with Crippen LogP contribution in [0.4, 0.5) is 0 Å². The van der Waals surface area contributed by atoms with Crippen molar-refractivity contribution in [1.82, 2.24) is 9.78 Å². The van der Waals surface area contributed by atoms with Gasteiger partial charge >= 0.3 is 0 Å². The van der Waals surface area contributed by atoms with Crippen molar-refractivity contribution in [1.29, 1.82) is 0 Å². The van der Waals surface area contributed by atoms with Crippen molar-refractivity contribution in [2.24, 2.45) is 12.8 Å². The third-order valence-corrected chi connectivity index (χ3v) is 3.72. The summed E-state index contributed by atoms with van der Waals surface area (Å²) in [6, 6.07) is 4.45. The van der Waals surface area contributed by atoms with Crippen LogP contribution in [0.5, 0.6) is 0 Å². The van der Waals surface area contributed by atoms with Crippen LogP contribution in [-0.4, -0.2) is 9.78 Å². The number of aryl methyl sites for hydroxylation is 4. The fraction of sp³-hybridized carbons (Fsp3) is 0.400. The molecule has 3 heteroatoms. The van der Waals surface area contributed by atoms with E-state index in [0.717, 1.165) is 11.4 Å². The molecule has 96 valence electrons. The number of hydrogen-bond donors (Lipinski definition) is 1. The zero-order valence-electron chi connectivity index (χ0n) is 11.8. The minimum Gasteiger partial charge on any atom is -0.325 e. The summed E-state index contributed by atoms with van der Waals surface area (Å²) < 4.78 is 1.89. The van der Waals surface area contributed by atoms with E-state index < -0.39 is 0 Å². The Morgan fingerprint density at radius 2 is 1.67 bits per heavy atom. The van der Waals surface area contributed by atoms with E-state index in [9.17, 15) is 0 Å². The summed E-state index contributed by atoms with van der Waals surface area (Å²) >= 11 is 0. The smallest absolute Gasteiger partial charge is 0.0958 e. The molecule has 0 aliphatic carbocycles. The van der Waals surface area contributed by atoms with Gasteiger partial charge in [0.05, 0.1) is 11.4 Å². The quantitative estimate of drug-likeness (QED) is 0.881. The molecule has 0 spiro atoms. The van der Waals surface area contributed by atoms with Crippen molar-refractivity contribution >= 4 is 0 Å². The molecule has 18 heavy (non-hydrogen) atoms. The number of benzene rings is 1. The van der Waals surface area contributed by atoms with E-state index in [-0.39, 0.29) is 0 Å². The van der Waals surface area contributed by atoms with Gasteiger partial charge in [0.25, 0.3) is 0 Å². The molecule has 3 nitrogen and oxygen atoms in total. The summed E-state index contributed by atoms with van der Waals surface area (Å²) in [4.78, 5) is 0. The zero-order valence-corrected chi connectivity index (χ0v) is 11.8. The third kappa shape index (κ3) is 1.95. The predicted molar refractivity (Wildman–Crippen MR) is 75.5 cm³/mol. The molecular weight excluding hydrogens is 222 g/mol. The van der Waals surface area contributed by atoms with Crippen molar-refractivity contribution in [3.8, 4) is 11.3 Å². The highest BCUT2D eigenvalue weighted by molar-refractivity contribution is 5.69. The van der Waals surface area contributed by atoms with Crippen LogP contribution >= 0.6 is 0 Å². The summed E-state index contributed by atoms with van der Waals surface area (Å²) in [5, 5.41) is 4.62. The molecule has 2 N–H and O–H groups in total. The molecule has 1 aromatic heterocycles. The van der Waals surface area contributed by atoms with Gasteiger partial charge in [-0.3, -0.25) is 4.68 Å². The van der Waals surface area contributed by atoms with Gasteiger partial charge in [-0.05, 0) is 56.0 Å². The fourth-order valence-electron chi connectivity index (χ4n) is 2.42. The predicted octanol–water partition coefficient (Wildman–Crippen LogP) is 2.78. The van der Waals surface area contributed by atoms with Gasteiger partial charge in [-0.2, -0.15) is 5.10 Å². The van der Waals surface area contributed by atoms with Crippen molar-refractivity contribution in [3.63, 3.8) is 0 Å². The molecule has 0 bridgehead atoms. The van der Waals surface area contributed by atoms with E-state index in [2.05, 4.69) is 44.9 Å². The molecule has 0 amide bonds. The maximum atomic E-state index is 5.77. The van der Waals surface area contributed by atoms with Gasteiger partial charge in [-0.1, -0.05) is 6.07 Å². The summed E-state index contributed by atoms with van der Waals surface area (Å²) in [6.07, 6.45) is 0. The SMILES string of the molecule is Cc1cc(C)c(-c2nn(C)c(CN)c2C)cc1C. The molecule has 2 rings (SSSR count). The lowest BCUT2D eigenvalue weighted by atomic mass is 9.97. The first-order valence-electron chi connectivity index (χ1n) is 6.26.